The van der Waals surface area contributed by atoms with E-state index in [9.17, 15) is 14.7 Å². The third kappa shape index (κ3) is 3.45. The lowest BCUT2D eigenvalue weighted by molar-refractivity contribution is -0.151. The Bertz CT molecular complexity index is 929. The second kappa shape index (κ2) is 7.51. The van der Waals surface area contributed by atoms with Gasteiger partial charge in [0.1, 0.15) is 0 Å². The van der Waals surface area contributed by atoms with Gasteiger partial charge in [-0.2, -0.15) is 0 Å². The van der Waals surface area contributed by atoms with E-state index in [-0.39, 0.29) is 23.8 Å². The first-order chi connectivity index (χ1) is 14.1. The van der Waals surface area contributed by atoms with Gasteiger partial charge in [-0.25, -0.2) is 0 Å². The largest absolute Gasteiger partial charge is 0.481 e. The number of aliphatic carboxylic acids is 1. The molecular formula is C24H30N2O3. The van der Waals surface area contributed by atoms with Crippen molar-refractivity contribution in [3.8, 4) is 0 Å². The van der Waals surface area contributed by atoms with Crippen molar-refractivity contribution in [2.75, 3.05) is 6.54 Å². The number of aromatic amines is 1. The van der Waals surface area contributed by atoms with Crippen molar-refractivity contribution >= 4 is 22.8 Å². The summed E-state index contributed by atoms with van der Waals surface area (Å²) in [6.07, 6.45) is 10.4. The van der Waals surface area contributed by atoms with Crippen LogP contribution in [0.2, 0.25) is 0 Å². The Morgan fingerprint density at radius 1 is 1.10 bits per heavy atom. The number of hydrogen-bond acceptors (Lipinski definition) is 2. The van der Waals surface area contributed by atoms with Crippen LogP contribution in [0.5, 0.6) is 0 Å². The molecular weight excluding hydrogens is 364 g/mol. The van der Waals surface area contributed by atoms with Crippen molar-refractivity contribution in [3.05, 3.63) is 35.5 Å². The first kappa shape index (κ1) is 18.7. The summed E-state index contributed by atoms with van der Waals surface area (Å²) in [5, 5.41) is 10.9. The topological polar surface area (TPSA) is 73.4 Å². The van der Waals surface area contributed by atoms with Crippen LogP contribution in [0, 0.1) is 11.8 Å². The Morgan fingerprint density at radius 3 is 2.76 bits per heavy atom. The molecule has 5 nitrogen and oxygen atoms in total. The van der Waals surface area contributed by atoms with Crippen molar-refractivity contribution in [1.82, 2.24) is 9.88 Å². The number of H-pyrrole nitrogens is 1. The Hall–Kier alpha value is -2.30. The number of carboxylic acid groups (broad SMARTS) is 1. The number of rotatable bonds is 5. The molecule has 1 aromatic heterocycles. The Balaban J connectivity index is 1.31. The molecule has 3 unspecified atom stereocenters. The minimum absolute atomic E-state index is 0.121. The number of hydrogen-bond donors (Lipinski definition) is 2. The number of likely N-dealkylation sites (tertiary alicyclic amines) is 1. The molecule has 5 rings (SSSR count). The molecule has 2 heterocycles. The lowest BCUT2D eigenvalue weighted by Gasteiger charge is -2.46. The molecule has 29 heavy (non-hydrogen) atoms. The molecule has 0 bridgehead atoms. The molecule has 3 aliphatic rings. The quantitative estimate of drug-likeness (QED) is 0.786. The summed E-state index contributed by atoms with van der Waals surface area (Å²) < 4.78 is 0. The molecule has 1 saturated heterocycles. The summed E-state index contributed by atoms with van der Waals surface area (Å²) in [6.45, 7) is 0.785. The van der Waals surface area contributed by atoms with Crippen LogP contribution in [-0.2, 0) is 16.0 Å². The molecule has 2 N–H and O–H groups in total. The molecule has 3 atom stereocenters. The minimum Gasteiger partial charge on any atom is -0.481 e. The van der Waals surface area contributed by atoms with E-state index in [2.05, 4.69) is 29.4 Å². The van der Waals surface area contributed by atoms with E-state index in [0.29, 0.717) is 12.3 Å². The number of piperidine rings is 1. The summed E-state index contributed by atoms with van der Waals surface area (Å²) in [4.78, 5) is 30.3. The highest BCUT2D eigenvalue weighted by molar-refractivity contribution is 5.88. The number of carbonyl (C=O) groups excluding carboxylic acids is 1. The normalized spacial score (nSPS) is 27.0. The number of nitrogens with one attached hydrogen (secondary N) is 1. The second-order valence-electron chi connectivity index (χ2n) is 9.19. The standard InChI is InChI=1S/C24H30N2O3/c27-22(26-13-3-6-18-19(24(28)29)5-2-8-21(18)26)12-11-16-14-25-20-7-1-4-17(23(16)20)15-9-10-15/h1,4,7,14-15,18-19,21,25H,2-3,5-6,8-13H2,(H,28,29). The zero-order valence-corrected chi connectivity index (χ0v) is 16.9. The molecule has 1 amide bonds. The summed E-state index contributed by atoms with van der Waals surface area (Å²) >= 11 is 0. The van der Waals surface area contributed by atoms with Crippen LogP contribution < -0.4 is 0 Å². The molecule has 2 saturated carbocycles. The zero-order valence-electron chi connectivity index (χ0n) is 16.9. The molecule has 5 heteroatoms. The average Bonchev–Trinajstić information content (AvgIpc) is 3.50. The number of benzene rings is 1. The van der Waals surface area contributed by atoms with Gasteiger partial charge in [-0.3, -0.25) is 9.59 Å². The van der Waals surface area contributed by atoms with E-state index in [1.165, 1.54) is 34.9 Å². The number of carbonyl (C=O) groups is 2. The lowest BCUT2D eigenvalue weighted by atomic mass is 9.71. The van der Waals surface area contributed by atoms with Crippen molar-refractivity contribution in [2.24, 2.45) is 11.8 Å². The van der Waals surface area contributed by atoms with Crippen molar-refractivity contribution in [1.29, 1.82) is 0 Å². The molecule has 3 fully saturated rings. The van der Waals surface area contributed by atoms with Gasteiger partial charge in [0, 0.05) is 36.1 Å². The maximum Gasteiger partial charge on any atom is 0.306 e. The first-order valence-electron chi connectivity index (χ1n) is 11.2. The average molecular weight is 395 g/mol. The number of aryl methyl sites for hydroxylation is 1. The van der Waals surface area contributed by atoms with Crippen LogP contribution in [-0.4, -0.2) is 39.5 Å². The van der Waals surface area contributed by atoms with E-state index in [1.54, 1.807) is 0 Å². The Morgan fingerprint density at radius 2 is 1.97 bits per heavy atom. The van der Waals surface area contributed by atoms with Gasteiger partial charge in [-0.15, -0.1) is 0 Å². The number of nitrogens with zero attached hydrogens (tertiary/aromatic N) is 1. The third-order valence-corrected chi connectivity index (χ3v) is 7.45. The van der Waals surface area contributed by atoms with Gasteiger partial charge in [-0.1, -0.05) is 18.6 Å². The van der Waals surface area contributed by atoms with Gasteiger partial charge in [0.2, 0.25) is 5.91 Å². The van der Waals surface area contributed by atoms with Gasteiger partial charge in [-0.05, 0) is 74.0 Å². The SMILES string of the molecule is O=C(O)C1CCCC2C1CCCN2C(=O)CCc1c[nH]c2cccc(C3CC3)c12. The maximum absolute atomic E-state index is 13.2. The number of fused-ring (bicyclic) bond motifs is 2. The molecule has 154 valence electrons. The minimum atomic E-state index is -0.680. The second-order valence-corrected chi connectivity index (χ2v) is 9.19. The fraction of sp³-hybridized carbons (Fsp3) is 0.583. The van der Waals surface area contributed by atoms with Gasteiger partial charge in [0.25, 0.3) is 0 Å². The maximum atomic E-state index is 13.2. The fourth-order valence-corrected chi connectivity index (χ4v) is 5.91. The predicted octanol–water partition coefficient (Wildman–Crippen LogP) is 4.47. The lowest BCUT2D eigenvalue weighted by Crippen LogP contribution is -2.53. The van der Waals surface area contributed by atoms with E-state index >= 15 is 0 Å². The molecule has 0 spiro atoms. The van der Waals surface area contributed by atoms with Crippen LogP contribution in [0.3, 0.4) is 0 Å². The summed E-state index contributed by atoms with van der Waals surface area (Å²) in [7, 11) is 0. The Kier molecular flexibility index (Phi) is 4.84. The molecule has 2 aliphatic carbocycles. The van der Waals surface area contributed by atoms with Crippen LogP contribution in [0.15, 0.2) is 24.4 Å². The van der Waals surface area contributed by atoms with Crippen LogP contribution in [0.4, 0.5) is 0 Å². The van der Waals surface area contributed by atoms with Crippen molar-refractivity contribution in [3.63, 3.8) is 0 Å². The third-order valence-electron chi connectivity index (χ3n) is 7.45. The monoisotopic (exact) mass is 394 g/mol. The molecule has 2 aromatic rings. The van der Waals surface area contributed by atoms with Crippen molar-refractivity contribution < 1.29 is 14.7 Å². The first-order valence-corrected chi connectivity index (χ1v) is 11.2. The van der Waals surface area contributed by atoms with Crippen LogP contribution >= 0.6 is 0 Å². The number of aromatic nitrogens is 1. The van der Waals surface area contributed by atoms with Crippen LogP contribution in [0.25, 0.3) is 10.9 Å². The molecule has 1 aromatic carbocycles. The summed E-state index contributed by atoms with van der Waals surface area (Å²) in [5.74, 6) is 0.0546. The summed E-state index contributed by atoms with van der Waals surface area (Å²) in [5.41, 5.74) is 3.85. The van der Waals surface area contributed by atoms with Gasteiger partial charge in [0.05, 0.1) is 5.92 Å². The van der Waals surface area contributed by atoms with E-state index in [0.717, 1.165) is 45.1 Å². The predicted molar refractivity (Wildman–Crippen MR) is 112 cm³/mol. The van der Waals surface area contributed by atoms with E-state index in [1.807, 2.05) is 4.90 Å². The smallest absolute Gasteiger partial charge is 0.306 e. The van der Waals surface area contributed by atoms with E-state index < -0.39 is 5.97 Å². The number of amides is 1. The van der Waals surface area contributed by atoms with E-state index in [4.69, 9.17) is 0 Å². The number of carboxylic acids is 1. The highest BCUT2D eigenvalue weighted by Gasteiger charge is 2.43. The van der Waals surface area contributed by atoms with Gasteiger partial charge >= 0.3 is 5.97 Å². The highest BCUT2D eigenvalue weighted by atomic mass is 16.4. The van der Waals surface area contributed by atoms with Gasteiger partial charge in [0.15, 0.2) is 0 Å². The fourth-order valence-electron chi connectivity index (χ4n) is 5.91. The zero-order chi connectivity index (χ0) is 20.0. The highest BCUT2D eigenvalue weighted by Crippen LogP contribution is 2.44. The van der Waals surface area contributed by atoms with Crippen molar-refractivity contribution in [2.45, 2.75) is 69.7 Å². The molecule has 1 aliphatic heterocycles. The van der Waals surface area contributed by atoms with Crippen LogP contribution in [0.1, 0.15) is 68.4 Å². The van der Waals surface area contributed by atoms with Gasteiger partial charge < -0.3 is 15.0 Å². The summed E-state index contributed by atoms with van der Waals surface area (Å²) in [6, 6.07) is 6.60. The Labute approximate surface area is 171 Å². The molecule has 0 radical (unpaired) electrons.